The molecule has 1 aliphatic heterocycles. The Hall–Kier alpha value is -0.940. The SMILES string of the molecule is COC(=O)C(Br)c1cc(F)ccc1C1CCOC1. The van der Waals surface area contributed by atoms with E-state index in [1.54, 1.807) is 6.07 Å². The lowest BCUT2D eigenvalue weighted by Crippen LogP contribution is -2.12. The van der Waals surface area contributed by atoms with Gasteiger partial charge >= 0.3 is 5.97 Å². The smallest absolute Gasteiger partial charge is 0.324 e. The Balaban J connectivity index is 2.36. The second-order valence-corrected chi connectivity index (χ2v) is 5.14. The minimum Gasteiger partial charge on any atom is -0.468 e. The lowest BCUT2D eigenvalue weighted by molar-refractivity contribution is -0.139. The van der Waals surface area contributed by atoms with Crippen LogP contribution in [0.1, 0.15) is 28.3 Å². The standard InChI is InChI=1S/C13H14BrFO3/c1-17-13(16)12(14)11-6-9(15)2-3-10(11)8-4-5-18-7-8/h2-3,6,8,12H,4-5,7H2,1H3. The summed E-state index contributed by atoms with van der Waals surface area (Å²) in [5.74, 6) is -0.577. The van der Waals surface area contributed by atoms with Crippen LogP contribution < -0.4 is 0 Å². The number of hydrogen-bond acceptors (Lipinski definition) is 3. The maximum Gasteiger partial charge on any atom is 0.324 e. The van der Waals surface area contributed by atoms with Crippen molar-refractivity contribution in [3.05, 3.63) is 35.1 Å². The van der Waals surface area contributed by atoms with Crippen molar-refractivity contribution >= 4 is 21.9 Å². The summed E-state index contributed by atoms with van der Waals surface area (Å²) in [5, 5.41) is 0. The molecule has 1 heterocycles. The molecule has 2 rings (SSSR count). The molecular formula is C13H14BrFO3. The number of ether oxygens (including phenoxy) is 2. The minimum absolute atomic E-state index is 0.213. The molecule has 3 nitrogen and oxygen atoms in total. The molecule has 5 heteroatoms. The normalized spacial score (nSPS) is 20.7. The van der Waals surface area contributed by atoms with Gasteiger partial charge < -0.3 is 9.47 Å². The van der Waals surface area contributed by atoms with Crippen LogP contribution in [0.25, 0.3) is 0 Å². The lowest BCUT2D eigenvalue weighted by atomic mass is 9.92. The number of rotatable bonds is 3. The zero-order valence-corrected chi connectivity index (χ0v) is 11.6. The van der Waals surface area contributed by atoms with E-state index in [0.29, 0.717) is 18.8 Å². The van der Waals surface area contributed by atoms with Crippen LogP contribution in [0.2, 0.25) is 0 Å². The fraction of sp³-hybridized carbons (Fsp3) is 0.462. The van der Waals surface area contributed by atoms with E-state index in [-0.39, 0.29) is 11.7 Å². The van der Waals surface area contributed by atoms with Crippen LogP contribution >= 0.6 is 15.9 Å². The van der Waals surface area contributed by atoms with Gasteiger partial charge in [0.2, 0.25) is 0 Å². The summed E-state index contributed by atoms with van der Waals surface area (Å²) in [5.41, 5.74) is 1.57. The van der Waals surface area contributed by atoms with Crippen LogP contribution in [0.4, 0.5) is 4.39 Å². The first kappa shape index (κ1) is 13.5. The van der Waals surface area contributed by atoms with E-state index in [2.05, 4.69) is 20.7 Å². The Bertz CT molecular complexity index is 444. The van der Waals surface area contributed by atoms with Crippen LogP contribution in [0.3, 0.4) is 0 Å². The summed E-state index contributed by atoms with van der Waals surface area (Å²) in [6.45, 7) is 1.31. The summed E-state index contributed by atoms with van der Waals surface area (Å²) in [4.78, 5) is 10.9. The second-order valence-electron chi connectivity index (χ2n) is 4.22. The van der Waals surface area contributed by atoms with Crippen LogP contribution in [-0.4, -0.2) is 26.3 Å². The molecule has 0 aliphatic carbocycles. The van der Waals surface area contributed by atoms with Gasteiger partial charge in [0.1, 0.15) is 10.6 Å². The maximum absolute atomic E-state index is 13.4. The number of esters is 1. The summed E-state index contributed by atoms with van der Waals surface area (Å²) in [6.07, 6.45) is 0.888. The van der Waals surface area contributed by atoms with Gasteiger partial charge in [-0.15, -0.1) is 0 Å². The molecule has 0 amide bonds. The van der Waals surface area contributed by atoms with Gasteiger partial charge in [0.15, 0.2) is 0 Å². The van der Waals surface area contributed by atoms with Gasteiger partial charge in [-0.3, -0.25) is 4.79 Å². The molecule has 0 N–H and O–H groups in total. The molecule has 0 saturated carbocycles. The van der Waals surface area contributed by atoms with E-state index >= 15 is 0 Å². The topological polar surface area (TPSA) is 35.5 Å². The Morgan fingerprint density at radius 1 is 1.61 bits per heavy atom. The average molecular weight is 317 g/mol. The van der Waals surface area contributed by atoms with Crippen molar-refractivity contribution in [3.8, 4) is 0 Å². The molecular weight excluding hydrogens is 303 g/mol. The third kappa shape index (κ3) is 2.72. The Morgan fingerprint density at radius 2 is 2.39 bits per heavy atom. The van der Waals surface area contributed by atoms with Crippen molar-refractivity contribution in [1.82, 2.24) is 0 Å². The number of carbonyl (C=O) groups is 1. The van der Waals surface area contributed by atoms with Crippen molar-refractivity contribution in [2.24, 2.45) is 0 Å². The second kappa shape index (κ2) is 5.80. The van der Waals surface area contributed by atoms with Crippen molar-refractivity contribution in [2.75, 3.05) is 20.3 Å². The fourth-order valence-electron chi connectivity index (χ4n) is 2.15. The maximum atomic E-state index is 13.4. The first-order valence-electron chi connectivity index (χ1n) is 5.72. The zero-order chi connectivity index (χ0) is 13.1. The number of methoxy groups -OCH3 is 1. The first-order chi connectivity index (χ1) is 8.63. The summed E-state index contributed by atoms with van der Waals surface area (Å²) < 4.78 is 23.4. The Morgan fingerprint density at radius 3 is 3.00 bits per heavy atom. The minimum atomic E-state index is -0.645. The monoisotopic (exact) mass is 316 g/mol. The number of benzene rings is 1. The van der Waals surface area contributed by atoms with Crippen molar-refractivity contribution in [2.45, 2.75) is 17.2 Å². The molecule has 18 heavy (non-hydrogen) atoms. The van der Waals surface area contributed by atoms with Crippen molar-refractivity contribution < 1.29 is 18.7 Å². The summed E-state index contributed by atoms with van der Waals surface area (Å²) >= 11 is 3.26. The summed E-state index contributed by atoms with van der Waals surface area (Å²) in [7, 11) is 1.31. The van der Waals surface area contributed by atoms with Crippen LogP contribution in [-0.2, 0) is 14.3 Å². The van der Waals surface area contributed by atoms with Crippen LogP contribution in [0.5, 0.6) is 0 Å². The third-order valence-corrected chi connectivity index (χ3v) is 3.97. The molecule has 0 spiro atoms. The zero-order valence-electron chi connectivity index (χ0n) is 9.99. The molecule has 2 atom stereocenters. The largest absolute Gasteiger partial charge is 0.468 e. The molecule has 2 unspecified atom stereocenters. The van der Waals surface area contributed by atoms with E-state index < -0.39 is 10.8 Å². The third-order valence-electron chi connectivity index (χ3n) is 3.10. The molecule has 0 aromatic heterocycles. The molecule has 1 aromatic carbocycles. The van der Waals surface area contributed by atoms with Gasteiger partial charge in [-0.2, -0.15) is 0 Å². The lowest BCUT2D eigenvalue weighted by Gasteiger charge is -2.17. The van der Waals surface area contributed by atoms with Gasteiger partial charge in [-0.05, 0) is 29.7 Å². The molecule has 1 fully saturated rings. The van der Waals surface area contributed by atoms with Gasteiger partial charge in [-0.25, -0.2) is 4.39 Å². The first-order valence-corrected chi connectivity index (χ1v) is 6.64. The average Bonchev–Trinajstić information content (AvgIpc) is 2.90. The van der Waals surface area contributed by atoms with Gasteiger partial charge in [0, 0.05) is 12.5 Å². The van der Waals surface area contributed by atoms with E-state index in [4.69, 9.17) is 4.74 Å². The molecule has 0 radical (unpaired) electrons. The highest BCUT2D eigenvalue weighted by molar-refractivity contribution is 9.09. The molecule has 0 bridgehead atoms. The molecule has 1 aromatic rings. The van der Waals surface area contributed by atoms with Crippen molar-refractivity contribution in [1.29, 1.82) is 0 Å². The molecule has 1 saturated heterocycles. The van der Waals surface area contributed by atoms with E-state index in [0.717, 1.165) is 12.0 Å². The quantitative estimate of drug-likeness (QED) is 0.635. The highest BCUT2D eigenvalue weighted by atomic mass is 79.9. The van der Waals surface area contributed by atoms with Gasteiger partial charge in [0.05, 0.1) is 13.7 Å². The predicted molar refractivity (Wildman–Crippen MR) is 68.3 cm³/mol. The predicted octanol–water partition coefficient (Wildman–Crippen LogP) is 2.94. The Kier molecular flexibility index (Phi) is 4.35. The number of alkyl halides is 1. The van der Waals surface area contributed by atoms with Gasteiger partial charge in [0.25, 0.3) is 0 Å². The van der Waals surface area contributed by atoms with Gasteiger partial charge in [-0.1, -0.05) is 22.0 Å². The molecule has 1 aliphatic rings. The van der Waals surface area contributed by atoms with E-state index in [1.807, 2.05) is 0 Å². The highest BCUT2D eigenvalue weighted by Gasteiger charge is 2.27. The van der Waals surface area contributed by atoms with Crippen LogP contribution in [0, 0.1) is 5.82 Å². The summed E-state index contributed by atoms with van der Waals surface area (Å²) in [6, 6.07) is 4.51. The number of carbonyl (C=O) groups excluding carboxylic acids is 1. The highest BCUT2D eigenvalue weighted by Crippen LogP contribution is 2.35. The van der Waals surface area contributed by atoms with E-state index in [1.165, 1.54) is 19.2 Å². The fourth-order valence-corrected chi connectivity index (χ4v) is 2.73. The molecule has 98 valence electrons. The van der Waals surface area contributed by atoms with E-state index in [9.17, 15) is 9.18 Å². The Labute approximate surface area is 113 Å². The van der Waals surface area contributed by atoms with Crippen molar-refractivity contribution in [3.63, 3.8) is 0 Å². The number of hydrogen-bond donors (Lipinski definition) is 0. The number of halogens is 2. The van der Waals surface area contributed by atoms with Crippen LogP contribution in [0.15, 0.2) is 18.2 Å².